The van der Waals surface area contributed by atoms with Crippen LogP contribution in [0.3, 0.4) is 0 Å². The lowest BCUT2D eigenvalue weighted by Crippen LogP contribution is -2.37. The van der Waals surface area contributed by atoms with Gasteiger partial charge in [0, 0.05) is 30.7 Å². The zero-order chi connectivity index (χ0) is 17.4. The fourth-order valence-corrected chi connectivity index (χ4v) is 2.50. The smallest absolute Gasteiger partial charge is 0.191 e. The Labute approximate surface area is 169 Å². The number of nitrogens with zero attached hydrogens (tertiary/aromatic N) is 1. The van der Waals surface area contributed by atoms with Gasteiger partial charge in [0.15, 0.2) is 5.96 Å². The molecule has 7 heteroatoms. The number of nitrogens with one attached hydrogen (secondary N) is 2. The number of hydrogen-bond donors (Lipinski definition) is 3. The highest BCUT2D eigenvalue weighted by Gasteiger charge is 2.04. The number of benzene rings is 2. The molecule has 0 atom stereocenters. The summed E-state index contributed by atoms with van der Waals surface area (Å²) >= 11 is 5.97. The van der Waals surface area contributed by atoms with E-state index in [1.165, 1.54) is 6.07 Å². The normalized spacial score (nSPS) is 11.0. The van der Waals surface area contributed by atoms with Gasteiger partial charge in [-0.1, -0.05) is 29.8 Å². The van der Waals surface area contributed by atoms with Crippen molar-refractivity contribution in [2.45, 2.75) is 19.6 Å². The maximum Gasteiger partial charge on any atom is 0.191 e. The lowest BCUT2D eigenvalue weighted by atomic mass is 10.1. The highest BCUT2D eigenvalue weighted by molar-refractivity contribution is 14.0. The minimum Gasteiger partial charge on any atom is -0.392 e. The van der Waals surface area contributed by atoms with Crippen molar-refractivity contribution in [1.82, 2.24) is 10.6 Å². The summed E-state index contributed by atoms with van der Waals surface area (Å²) in [7, 11) is 1.69. The van der Waals surface area contributed by atoms with E-state index in [0.29, 0.717) is 24.6 Å². The molecule has 3 N–H and O–H groups in total. The van der Waals surface area contributed by atoms with Crippen molar-refractivity contribution in [2.75, 3.05) is 13.6 Å². The Hall–Kier alpha value is -1.38. The van der Waals surface area contributed by atoms with Crippen LogP contribution in [0.4, 0.5) is 4.39 Å². The topological polar surface area (TPSA) is 56.7 Å². The molecular formula is C18H22ClFIN3O. The number of guanidine groups is 1. The third-order valence-corrected chi connectivity index (χ3v) is 3.79. The quantitative estimate of drug-likeness (QED) is 0.339. The van der Waals surface area contributed by atoms with E-state index < -0.39 is 5.82 Å². The summed E-state index contributed by atoms with van der Waals surface area (Å²) in [5.41, 5.74) is 2.31. The van der Waals surface area contributed by atoms with Crippen molar-refractivity contribution in [3.8, 4) is 0 Å². The Balaban J connectivity index is 0.00000312. The highest BCUT2D eigenvalue weighted by Crippen LogP contribution is 2.11. The molecule has 25 heavy (non-hydrogen) atoms. The first-order valence-corrected chi connectivity index (χ1v) is 8.07. The number of aliphatic imine (C=N–C) groups is 1. The van der Waals surface area contributed by atoms with Crippen LogP contribution in [-0.2, 0) is 19.6 Å². The summed E-state index contributed by atoms with van der Waals surface area (Å²) in [6.45, 7) is 0.891. The molecule has 0 heterocycles. The molecule has 0 spiro atoms. The van der Waals surface area contributed by atoms with Gasteiger partial charge in [-0.2, -0.15) is 0 Å². The second kappa shape index (κ2) is 11.3. The van der Waals surface area contributed by atoms with E-state index in [0.717, 1.165) is 22.6 Å². The Morgan fingerprint density at radius 3 is 2.64 bits per heavy atom. The SMILES string of the molecule is CN=C(NCCc1cccc(Cl)c1)NCc1ccc(F)c(CO)c1.I. The van der Waals surface area contributed by atoms with E-state index in [4.69, 9.17) is 16.7 Å². The summed E-state index contributed by atoms with van der Waals surface area (Å²) in [6.07, 6.45) is 0.826. The number of halogens is 3. The van der Waals surface area contributed by atoms with Crippen molar-refractivity contribution in [1.29, 1.82) is 0 Å². The summed E-state index contributed by atoms with van der Waals surface area (Å²) in [5.74, 6) is 0.261. The molecular weight excluding hydrogens is 456 g/mol. The first kappa shape index (κ1) is 21.7. The fraction of sp³-hybridized carbons (Fsp3) is 0.278. The first-order chi connectivity index (χ1) is 11.6. The summed E-state index contributed by atoms with van der Waals surface area (Å²) < 4.78 is 13.4. The van der Waals surface area contributed by atoms with E-state index in [1.54, 1.807) is 19.2 Å². The Morgan fingerprint density at radius 1 is 1.16 bits per heavy atom. The maximum absolute atomic E-state index is 13.4. The van der Waals surface area contributed by atoms with Gasteiger partial charge in [-0.15, -0.1) is 24.0 Å². The van der Waals surface area contributed by atoms with Gasteiger partial charge in [0.25, 0.3) is 0 Å². The largest absolute Gasteiger partial charge is 0.392 e. The van der Waals surface area contributed by atoms with Gasteiger partial charge < -0.3 is 15.7 Å². The molecule has 0 aliphatic rings. The highest BCUT2D eigenvalue weighted by atomic mass is 127. The van der Waals surface area contributed by atoms with Gasteiger partial charge in [-0.05, 0) is 41.8 Å². The average molecular weight is 478 g/mol. The molecule has 0 bridgehead atoms. The molecule has 0 unspecified atom stereocenters. The van der Waals surface area contributed by atoms with Crippen LogP contribution in [0.1, 0.15) is 16.7 Å². The van der Waals surface area contributed by atoms with Gasteiger partial charge in [0.05, 0.1) is 6.61 Å². The standard InChI is InChI=1S/C18H21ClFN3O.HI/c1-21-18(22-8-7-13-3-2-4-16(19)10-13)23-11-14-5-6-17(20)15(9-14)12-24;/h2-6,9-10,24H,7-8,11-12H2,1H3,(H2,21,22,23);1H. The molecule has 0 aromatic heterocycles. The van der Waals surface area contributed by atoms with Crippen molar-refractivity contribution >= 4 is 41.5 Å². The minimum atomic E-state index is -0.398. The van der Waals surface area contributed by atoms with Crippen molar-refractivity contribution < 1.29 is 9.50 Å². The summed E-state index contributed by atoms with van der Waals surface area (Å²) in [4.78, 5) is 4.16. The Kier molecular flexibility index (Phi) is 9.77. The molecule has 0 aliphatic carbocycles. The third kappa shape index (κ3) is 7.17. The van der Waals surface area contributed by atoms with Gasteiger partial charge in [0.2, 0.25) is 0 Å². The third-order valence-electron chi connectivity index (χ3n) is 3.56. The molecule has 136 valence electrons. The number of aliphatic hydroxyl groups is 1. The lowest BCUT2D eigenvalue weighted by molar-refractivity contribution is 0.275. The maximum atomic E-state index is 13.4. The van der Waals surface area contributed by atoms with E-state index in [1.807, 2.05) is 24.3 Å². The average Bonchev–Trinajstić information content (AvgIpc) is 2.59. The zero-order valence-electron chi connectivity index (χ0n) is 13.9. The first-order valence-electron chi connectivity index (χ1n) is 7.69. The van der Waals surface area contributed by atoms with Crippen LogP contribution in [0.2, 0.25) is 5.02 Å². The van der Waals surface area contributed by atoms with Crippen LogP contribution in [0.25, 0.3) is 0 Å². The fourth-order valence-electron chi connectivity index (χ4n) is 2.28. The van der Waals surface area contributed by atoms with Crippen LogP contribution in [0.5, 0.6) is 0 Å². The molecule has 0 saturated heterocycles. The number of rotatable bonds is 6. The van der Waals surface area contributed by atoms with Crippen LogP contribution in [0, 0.1) is 5.82 Å². The predicted octanol–water partition coefficient (Wildman–Crippen LogP) is 3.50. The number of hydrogen-bond acceptors (Lipinski definition) is 2. The van der Waals surface area contributed by atoms with Crippen molar-refractivity contribution in [2.24, 2.45) is 4.99 Å². The van der Waals surface area contributed by atoms with Crippen LogP contribution in [-0.4, -0.2) is 24.7 Å². The van der Waals surface area contributed by atoms with Gasteiger partial charge >= 0.3 is 0 Å². The van der Waals surface area contributed by atoms with E-state index >= 15 is 0 Å². The minimum absolute atomic E-state index is 0. The molecule has 2 aromatic carbocycles. The molecule has 2 aromatic rings. The van der Waals surface area contributed by atoms with E-state index in [9.17, 15) is 4.39 Å². The Morgan fingerprint density at radius 2 is 1.96 bits per heavy atom. The van der Waals surface area contributed by atoms with Crippen molar-refractivity contribution in [3.05, 3.63) is 70.0 Å². The van der Waals surface area contributed by atoms with Crippen LogP contribution >= 0.6 is 35.6 Å². The summed E-state index contributed by atoms with van der Waals surface area (Å²) in [5, 5.41) is 16.2. The Bertz CT molecular complexity index is 712. The van der Waals surface area contributed by atoms with Gasteiger partial charge in [0.1, 0.15) is 5.82 Å². The van der Waals surface area contributed by atoms with Gasteiger partial charge in [-0.3, -0.25) is 4.99 Å². The van der Waals surface area contributed by atoms with Crippen LogP contribution in [0.15, 0.2) is 47.5 Å². The molecule has 0 aliphatic heterocycles. The second-order valence-electron chi connectivity index (χ2n) is 5.32. The molecule has 2 rings (SSSR count). The molecule has 0 fully saturated rings. The lowest BCUT2D eigenvalue weighted by Gasteiger charge is -2.12. The molecule has 0 radical (unpaired) electrons. The van der Waals surface area contributed by atoms with E-state index in [-0.39, 0.29) is 30.6 Å². The molecule has 4 nitrogen and oxygen atoms in total. The monoisotopic (exact) mass is 477 g/mol. The predicted molar refractivity (Wildman–Crippen MR) is 111 cm³/mol. The van der Waals surface area contributed by atoms with Crippen molar-refractivity contribution in [3.63, 3.8) is 0 Å². The second-order valence-corrected chi connectivity index (χ2v) is 5.75. The number of aliphatic hydroxyl groups excluding tert-OH is 1. The molecule has 0 saturated carbocycles. The molecule has 0 amide bonds. The zero-order valence-corrected chi connectivity index (χ0v) is 17.0. The summed E-state index contributed by atoms with van der Waals surface area (Å²) in [6, 6.07) is 12.4. The van der Waals surface area contributed by atoms with E-state index in [2.05, 4.69) is 15.6 Å². The van der Waals surface area contributed by atoms with Gasteiger partial charge in [-0.25, -0.2) is 4.39 Å². The van der Waals surface area contributed by atoms with Crippen LogP contribution < -0.4 is 10.6 Å².